The number of benzene rings is 1. The van der Waals surface area contributed by atoms with Gasteiger partial charge in [0, 0.05) is 6.07 Å². The van der Waals surface area contributed by atoms with E-state index in [4.69, 9.17) is 9.47 Å². The van der Waals surface area contributed by atoms with Gasteiger partial charge in [0.1, 0.15) is 11.5 Å². The summed E-state index contributed by atoms with van der Waals surface area (Å²) in [6.07, 6.45) is 26.4. The lowest BCUT2D eigenvalue weighted by molar-refractivity contribution is 0.289. The van der Waals surface area contributed by atoms with Gasteiger partial charge < -0.3 is 9.47 Å². The summed E-state index contributed by atoms with van der Waals surface area (Å²) >= 11 is 0. The van der Waals surface area contributed by atoms with Crippen LogP contribution in [0.2, 0.25) is 0 Å². The maximum atomic E-state index is 9.35. The minimum absolute atomic E-state index is 0.610. The van der Waals surface area contributed by atoms with E-state index < -0.39 is 0 Å². The summed E-state index contributed by atoms with van der Waals surface area (Å²) in [6.45, 7) is 5.96. The van der Waals surface area contributed by atoms with Crippen LogP contribution in [0.4, 0.5) is 0 Å². The molecule has 1 aromatic carbocycles. The summed E-state index contributed by atoms with van der Waals surface area (Å²) in [6, 6.07) is 7.82. The number of ether oxygens (including phenoxy) is 2. The molecule has 0 aliphatic carbocycles. The lowest BCUT2D eigenvalue weighted by Crippen LogP contribution is -2.01. The Bertz CT molecular complexity index is 578. The first-order valence-electron chi connectivity index (χ1n) is 14.6. The van der Waals surface area contributed by atoms with Gasteiger partial charge in [0.15, 0.2) is 0 Å². The molecule has 0 amide bonds. The van der Waals surface area contributed by atoms with E-state index in [1.165, 1.54) is 116 Å². The molecule has 0 bridgehead atoms. The molecule has 1 aromatic rings. The van der Waals surface area contributed by atoms with E-state index in [2.05, 4.69) is 19.9 Å². The summed E-state index contributed by atoms with van der Waals surface area (Å²) in [5.41, 5.74) is 0.610. The fraction of sp³-hybridized carbons (Fsp3) is 0.774. The van der Waals surface area contributed by atoms with Gasteiger partial charge in [0.05, 0.1) is 24.8 Å². The predicted octanol–water partition coefficient (Wildman–Crippen LogP) is 10.2. The predicted molar refractivity (Wildman–Crippen MR) is 146 cm³/mol. The highest BCUT2D eigenvalue weighted by atomic mass is 16.5. The second kappa shape index (κ2) is 23.1. The molecule has 0 aromatic heterocycles. The van der Waals surface area contributed by atoms with Crippen molar-refractivity contribution in [2.75, 3.05) is 13.2 Å². The van der Waals surface area contributed by atoms with Crippen LogP contribution < -0.4 is 9.47 Å². The van der Waals surface area contributed by atoms with Crippen LogP contribution in [0.25, 0.3) is 0 Å². The van der Waals surface area contributed by atoms with Gasteiger partial charge >= 0.3 is 0 Å². The second-order valence-electron chi connectivity index (χ2n) is 9.87. The van der Waals surface area contributed by atoms with Crippen molar-refractivity contribution >= 4 is 0 Å². The molecule has 0 atom stereocenters. The maximum Gasteiger partial charge on any atom is 0.124 e. The molecular weight excluding hydrogens is 418 g/mol. The Morgan fingerprint density at radius 3 is 1.15 bits per heavy atom. The van der Waals surface area contributed by atoms with Crippen LogP contribution in [0.15, 0.2) is 18.2 Å². The monoisotopic (exact) mass is 471 g/mol. The number of rotatable bonds is 24. The third-order valence-corrected chi connectivity index (χ3v) is 6.54. The Morgan fingerprint density at radius 1 is 0.500 bits per heavy atom. The first kappa shape index (κ1) is 30.3. The summed E-state index contributed by atoms with van der Waals surface area (Å²) in [5, 5.41) is 9.35. The van der Waals surface area contributed by atoms with Crippen LogP contribution in [-0.4, -0.2) is 13.2 Å². The Balaban J connectivity index is 2.10. The number of nitriles is 1. The van der Waals surface area contributed by atoms with Crippen LogP contribution >= 0.6 is 0 Å². The van der Waals surface area contributed by atoms with Gasteiger partial charge in [-0.05, 0) is 25.0 Å². The van der Waals surface area contributed by atoms with Crippen LogP contribution in [-0.2, 0) is 0 Å². The molecule has 0 saturated heterocycles. The lowest BCUT2D eigenvalue weighted by atomic mass is 10.1. The molecule has 0 N–H and O–H groups in total. The lowest BCUT2D eigenvalue weighted by Gasteiger charge is -2.11. The molecule has 34 heavy (non-hydrogen) atoms. The number of hydrogen-bond acceptors (Lipinski definition) is 3. The van der Waals surface area contributed by atoms with Crippen molar-refractivity contribution in [3.05, 3.63) is 23.8 Å². The maximum absolute atomic E-state index is 9.35. The van der Waals surface area contributed by atoms with Crippen molar-refractivity contribution in [2.45, 2.75) is 142 Å². The van der Waals surface area contributed by atoms with Crippen molar-refractivity contribution in [3.8, 4) is 17.6 Å². The normalized spacial score (nSPS) is 10.9. The van der Waals surface area contributed by atoms with Gasteiger partial charge in [-0.15, -0.1) is 0 Å². The van der Waals surface area contributed by atoms with Gasteiger partial charge in [-0.1, -0.05) is 129 Å². The largest absolute Gasteiger partial charge is 0.493 e. The summed E-state index contributed by atoms with van der Waals surface area (Å²) in [7, 11) is 0. The first-order chi connectivity index (χ1) is 16.8. The highest BCUT2D eigenvalue weighted by Gasteiger charge is 2.04. The number of hydrogen-bond donors (Lipinski definition) is 0. The van der Waals surface area contributed by atoms with E-state index >= 15 is 0 Å². The van der Waals surface area contributed by atoms with Crippen LogP contribution in [0, 0.1) is 11.3 Å². The van der Waals surface area contributed by atoms with E-state index in [9.17, 15) is 5.26 Å². The van der Waals surface area contributed by atoms with E-state index in [1.54, 1.807) is 0 Å². The highest BCUT2D eigenvalue weighted by Crippen LogP contribution is 2.23. The smallest absolute Gasteiger partial charge is 0.124 e. The molecule has 0 fully saturated rings. The Hall–Kier alpha value is -1.69. The van der Waals surface area contributed by atoms with Crippen LogP contribution in [0.5, 0.6) is 11.5 Å². The average Bonchev–Trinajstić information content (AvgIpc) is 2.85. The van der Waals surface area contributed by atoms with Crippen molar-refractivity contribution in [1.29, 1.82) is 5.26 Å². The van der Waals surface area contributed by atoms with E-state index in [-0.39, 0.29) is 0 Å². The van der Waals surface area contributed by atoms with Gasteiger partial charge in [-0.2, -0.15) is 5.26 Å². The molecule has 0 aliphatic rings. The average molecular weight is 472 g/mol. The van der Waals surface area contributed by atoms with Crippen molar-refractivity contribution in [3.63, 3.8) is 0 Å². The Kier molecular flexibility index (Phi) is 20.6. The Labute approximate surface area is 211 Å². The third-order valence-electron chi connectivity index (χ3n) is 6.54. The minimum atomic E-state index is 0.610. The molecule has 0 saturated carbocycles. The molecule has 3 heteroatoms. The first-order valence-corrected chi connectivity index (χ1v) is 14.6. The molecule has 0 unspecified atom stereocenters. The van der Waals surface area contributed by atoms with Crippen molar-refractivity contribution < 1.29 is 9.47 Å². The van der Waals surface area contributed by atoms with E-state index in [0.29, 0.717) is 18.8 Å². The topological polar surface area (TPSA) is 42.2 Å². The van der Waals surface area contributed by atoms with Crippen molar-refractivity contribution in [2.24, 2.45) is 0 Å². The molecule has 0 heterocycles. The van der Waals surface area contributed by atoms with E-state index in [0.717, 1.165) is 24.3 Å². The fourth-order valence-corrected chi connectivity index (χ4v) is 4.36. The van der Waals surface area contributed by atoms with Crippen LogP contribution in [0.1, 0.15) is 148 Å². The second-order valence-corrected chi connectivity index (χ2v) is 9.87. The SMILES string of the molecule is CCCCCCCCCCCCOc1cc(C#N)cc(OCCCCCCCCCCCC)c1. The summed E-state index contributed by atoms with van der Waals surface area (Å²) < 4.78 is 11.9. The molecule has 0 spiro atoms. The van der Waals surface area contributed by atoms with Crippen molar-refractivity contribution in [1.82, 2.24) is 0 Å². The molecular formula is C31H53NO2. The Morgan fingerprint density at radius 2 is 0.824 bits per heavy atom. The molecule has 1 rings (SSSR count). The molecule has 0 radical (unpaired) electrons. The fourth-order valence-electron chi connectivity index (χ4n) is 4.36. The van der Waals surface area contributed by atoms with Gasteiger partial charge in [0.25, 0.3) is 0 Å². The van der Waals surface area contributed by atoms with Gasteiger partial charge in [-0.25, -0.2) is 0 Å². The minimum Gasteiger partial charge on any atom is -0.493 e. The van der Waals surface area contributed by atoms with E-state index in [1.807, 2.05) is 18.2 Å². The molecule has 194 valence electrons. The zero-order valence-corrected chi connectivity index (χ0v) is 22.6. The van der Waals surface area contributed by atoms with Gasteiger partial charge in [0.2, 0.25) is 0 Å². The molecule has 3 nitrogen and oxygen atoms in total. The zero-order valence-electron chi connectivity index (χ0n) is 22.6. The standard InChI is InChI=1S/C31H53NO2/c1-3-5-7-9-11-13-15-17-19-21-23-33-30-25-29(28-32)26-31(27-30)34-24-22-20-18-16-14-12-10-8-6-4-2/h25-27H,3-24H2,1-2H3. The van der Waals surface area contributed by atoms with Crippen LogP contribution in [0.3, 0.4) is 0 Å². The molecule has 0 aliphatic heterocycles. The summed E-state index contributed by atoms with van der Waals surface area (Å²) in [4.78, 5) is 0. The number of unbranched alkanes of at least 4 members (excludes halogenated alkanes) is 18. The zero-order chi connectivity index (χ0) is 24.5. The summed E-state index contributed by atoms with van der Waals surface area (Å²) in [5.74, 6) is 1.51. The van der Waals surface area contributed by atoms with Gasteiger partial charge in [-0.3, -0.25) is 0 Å². The third kappa shape index (κ3) is 17.7. The quantitative estimate of drug-likeness (QED) is 0.141. The number of nitrogens with zero attached hydrogens (tertiary/aromatic N) is 1. The highest BCUT2D eigenvalue weighted by molar-refractivity contribution is 5.43.